The molecule has 0 aliphatic heterocycles. The molecule has 0 radical (unpaired) electrons. The van der Waals surface area contributed by atoms with Crippen molar-refractivity contribution in [2.75, 3.05) is 36.8 Å². The van der Waals surface area contributed by atoms with Crippen molar-refractivity contribution in [1.29, 1.82) is 0 Å². The fourth-order valence-electron chi connectivity index (χ4n) is 2.97. The SMILES string of the molecule is CCN(CC)CCNCc1ccc(C(=O)Nc2ccccc2NC(=O)OC(C)(C)C)nc1. The van der Waals surface area contributed by atoms with Gasteiger partial charge in [-0.15, -0.1) is 0 Å². The maximum Gasteiger partial charge on any atom is 0.412 e. The van der Waals surface area contributed by atoms with Crippen molar-refractivity contribution in [3.63, 3.8) is 0 Å². The summed E-state index contributed by atoms with van der Waals surface area (Å²) in [5, 5.41) is 8.87. The predicted octanol–water partition coefficient (Wildman–Crippen LogP) is 4.11. The number of hydrogen-bond donors (Lipinski definition) is 3. The molecular weight excluding hydrogens is 406 g/mol. The standard InChI is InChI=1S/C24H35N5O3/c1-6-29(7-2)15-14-25-16-18-12-13-21(26-17-18)22(30)27-19-10-8-9-11-20(19)28-23(31)32-24(3,4)5/h8-13,17,25H,6-7,14-16H2,1-5H3,(H,27,30)(H,28,31). The molecular formula is C24H35N5O3. The van der Waals surface area contributed by atoms with Gasteiger partial charge in [-0.2, -0.15) is 0 Å². The molecule has 1 aromatic heterocycles. The van der Waals surface area contributed by atoms with E-state index in [-0.39, 0.29) is 5.91 Å². The van der Waals surface area contributed by atoms with Crippen molar-refractivity contribution in [2.24, 2.45) is 0 Å². The van der Waals surface area contributed by atoms with Gasteiger partial charge in [0.05, 0.1) is 11.4 Å². The van der Waals surface area contributed by atoms with E-state index in [0.29, 0.717) is 23.6 Å². The number of nitrogens with one attached hydrogen (secondary N) is 3. The Hall–Kier alpha value is -2.97. The number of pyridine rings is 1. The van der Waals surface area contributed by atoms with Crippen LogP contribution in [0.4, 0.5) is 16.2 Å². The van der Waals surface area contributed by atoms with E-state index in [4.69, 9.17) is 4.74 Å². The van der Waals surface area contributed by atoms with Gasteiger partial charge in [0.15, 0.2) is 0 Å². The van der Waals surface area contributed by atoms with Crippen LogP contribution in [0.1, 0.15) is 50.7 Å². The molecule has 174 valence electrons. The average Bonchev–Trinajstić information content (AvgIpc) is 2.74. The zero-order valence-corrected chi connectivity index (χ0v) is 19.7. The Balaban J connectivity index is 1.92. The molecule has 0 unspecified atom stereocenters. The number of benzene rings is 1. The molecule has 0 atom stereocenters. The van der Waals surface area contributed by atoms with E-state index in [1.807, 2.05) is 6.07 Å². The highest BCUT2D eigenvalue weighted by molar-refractivity contribution is 6.05. The van der Waals surface area contributed by atoms with Crippen LogP contribution >= 0.6 is 0 Å². The van der Waals surface area contributed by atoms with Gasteiger partial charge >= 0.3 is 6.09 Å². The van der Waals surface area contributed by atoms with Crippen molar-refractivity contribution >= 4 is 23.4 Å². The van der Waals surface area contributed by atoms with Crippen LogP contribution in [0.25, 0.3) is 0 Å². The minimum absolute atomic E-state index is 0.295. The third-order valence-electron chi connectivity index (χ3n) is 4.70. The zero-order chi connectivity index (χ0) is 23.6. The summed E-state index contributed by atoms with van der Waals surface area (Å²) in [7, 11) is 0. The first-order chi connectivity index (χ1) is 15.2. The van der Waals surface area contributed by atoms with Crippen molar-refractivity contribution < 1.29 is 14.3 Å². The number of ether oxygens (including phenoxy) is 1. The maximum absolute atomic E-state index is 12.7. The van der Waals surface area contributed by atoms with Crippen molar-refractivity contribution in [3.8, 4) is 0 Å². The van der Waals surface area contributed by atoms with E-state index < -0.39 is 11.7 Å². The quantitative estimate of drug-likeness (QED) is 0.480. The largest absolute Gasteiger partial charge is 0.444 e. The molecule has 0 bridgehead atoms. The van der Waals surface area contributed by atoms with E-state index in [2.05, 4.69) is 39.7 Å². The summed E-state index contributed by atoms with van der Waals surface area (Å²) in [6, 6.07) is 10.5. The van der Waals surface area contributed by atoms with Crippen LogP contribution in [-0.2, 0) is 11.3 Å². The Morgan fingerprint density at radius 3 is 2.22 bits per heavy atom. The van der Waals surface area contributed by atoms with Gasteiger partial charge in [0.25, 0.3) is 5.91 Å². The maximum atomic E-state index is 12.7. The lowest BCUT2D eigenvalue weighted by Crippen LogP contribution is -2.31. The smallest absolute Gasteiger partial charge is 0.412 e. The number of anilines is 2. The highest BCUT2D eigenvalue weighted by atomic mass is 16.6. The Morgan fingerprint density at radius 2 is 1.66 bits per heavy atom. The molecule has 8 heteroatoms. The number of carbonyl (C=O) groups excluding carboxylic acids is 2. The number of aromatic nitrogens is 1. The van der Waals surface area contributed by atoms with Crippen LogP contribution in [0, 0.1) is 0 Å². The third-order valence-corrected chi connectivity index (χ3v) is 4.70. The number of nitrogens with zero attached hydrogens (tertiary/aromatic N) is 2. The Morgan fingerprint density at radius 1 is 1.00 bits per heavy atom. The Kier molecular flexibility index (Phi) is 9.61. The molecule has 0 aliphatic rings. The predicted molar refractivity (Wildman–Crippen MR) is 128 cm³/mol. The van der Waals surface area contributed by atoms with Crippen LogP contribution in [0.15, 0.2) is 42.6 Å². The summed E-state index contributed by atoms with van der Waals surface area (Å²) >= 11 is 0. The summed E-state index contributed by atoms with van der Waals surface area (Å²) in [4.78, 5) is 31.4. The van der Waals surface area contributed by atoms with E-state index in [9.17, 15) is 9.59 Å². The summed E-state index contributed by atoms with van der Waals surface area (Å²) < 4.78 is 5.28. The lowest BCUT2D eigenvalue weighted by Gasteiger charge is -2.20. The first-order valence-electron chi connectivity index (χ1n) is 11.0. The molecule has 2 rings (SSSR count). The molecule has 0 saturated heterocycles. The van der Waals surface area contributed by atoms with E-state index in [0.717, 1.165) is 31.7 Å². The summed E-state index contributed by atoms with van der Waals surface area (Å²) in [6.45, 7) is 14.3. The first-order valence-corrected chi connectivity index (χ1v) is 11.0. The molecule has 0 saturated carbocycles. The number of likely N-dealkylation sites (N-methyl/N-ethyl adjacent to an activating group) is 1. The van der Waals surface area contributed by atoms with Crippen LogP contribution in [0.3, 0.4) is 0 Å². The first kappa shape index (κ1) is 25.3. The molecule has 0 fully saturated rings. The molecule has 8 nitrogen and oxygen atoms in total. The average molecular weight is 442 g/mol. The molecule has 2 aromatic rings. The normalized spacial score (nSPS) is 11.3. The van der Waals surface area contributed by atoms with E-state index in [1.165, 1.54) is 0 Å². The fraction of sp³-hybridized carbons (Fsp3) is 0.458. The number of para-hydroxylation sites is 2. The zero-order valence-electron chi connectivity index (χ0n) is 19.7. The lowest BCUT2D eigenvalue weighted by molar-refractivity contribution is 0.0635. The lowest BCUT2D eigenvalue weighted by atomic mass is 10.2. The van der Waals surface area contributed by atoms with Gasteiger partial charge in [-0.3, -0.25) is 15.1 Å². The number of amides is 2. The molecule has 2 amide bonds. The van der Waals surface area contributed by atoms with Crippen molar-refractivity contribution in [1.82, 2.24) is 15.2 Å². The number of hydrogen-bond acceptors (Lipinski definition) is 6. The second-order valence-electron chi connectivity index (χ2n) is 8.38. The van der Waals surface area contributed by atoms with Gasteiger partial charge in [0, 0.05) is 25.8 Å². The summed E-state index contributed by atoms with van der Waals surface area (Å²) in [5.41, 5.74) is 1.60. The van der Waals surface area contributed by atoms with Crippen LogP contribution in [-0.4, -0.2) is 53.7 Å². The highest BCUT2D eigenvalue weighted by Crippen LogP contribution is 2.22. The van der Waals surface area contributed by atoms with Gasteiger partial charge in [0.1, 0.15) is 11.3 Å². The second-order valence-corrected chi connectivity index (χ2v) is 8.38. The molecule has 0 spiro atoms. The third kappa shape index (κ3) is 8.64. The number of rotatable bonds is 10. The fourth-order valence-corrected chi connectivity index (χ4v) is 2.97. The monoisotopic (exact) mass is 441 g/mol. The molecule has 1 heterocycles. The van der Waals surface area contributed by atoms with Crippen molar-refractivity contribution in [2.45, 2.75) is 46.8 Å². The second kappa shape index (κ2) is 12.2. The minimum atomic E-state index is -0.617. The molecule has 0 aliphatic carbocycles. The van der Waals surface area contributed by atoms with Gasteiger partial charge in [-0.25, -0.2) is 4.79 Å². The summed E-state index contributed by atoms with van der Waals surface area (Å²) in [5.74, 6) is -0.357. The van der Waals surface area contributed by atoms with Gasteiger partial charge in [0.2, 0.25) is 0 Å². The van der Waals surface area contributed by atoms with E-state index >= 15 is 0 Å². The molecule has 1 aromatic carbocycles. The van der Waals surface area contributed by atoms with Crippen LogP contribution in [0.5, 0.6) is 0 Å². The number of carbonyl (C=O) groups is 2. The van der Waals surface area contributed by atoms with Crippen LogP contribution < -0.4 is 16.0 Å². The van der Waals surface area contributed by atoms with E-state index in [1.54, 1.807) is 57.3 Å². The minimum Gasteiger partial charge on any atom is -0.444 e. The Bertz CT molecular complexity index is 874. The molecule has 32 heavy (non-hydrogen) atoms. The van der Waals surface area contributed by atoms with Crippen molar-refractivity contribution in [3.05, 3.63) is 53.9 Å². The van der Waals surface area contributed by atoms with Gasteiger partial charge < -0.3 is 20.3 Å². The van der Waals surface area contributed by atoms with Gasteiger partial charge in [-0.1, -0.05) is 32.0 Å². The highest BCUT2D eigenvalue weighted by Gasteiger charge is 2.18. The van der Waals surface area contributed by atoms with Crippen LogP contribution in [0.2, 0.25) is 0 Å². The topological polar surface area (TPSA) is 95.6 Å². The van der Waals surface area contributed by atoms with Gasteiger partial charge in [-0.05, 0) is 57.6 Å². The summed E-state index contributed by atoms with van der Waals surface area (Å²) in [6.07, 6.45) is 1.11. The molecule has 3 N–H and O–H groups in total. The Labute approximate surface area is 190 Å².